The van der Waals surface area contributed by atoms with Gasteiger partial charge in [-0.2, -0.15) is 0 Å². The van der Waals surface area contributed by atoms with Gasteiger partial charge in [-0.15, -0.1) is 0 Å². The molecule has 4 nitrogen and oxygen atoms in total. The number of carbonyl (C=O) groups is 1. The zero-order valence-electron chi connectivity index (χ0n) is 9.75. The monoisotopic (exact) mass is 202 g/mol. The van der Waals surface area contributed by atoms with Crippen molar-refractivity contribution in [1.29, 1.82) is 0 Å². The molecule has 0 aromatic carbocycles. The average Bonchev–Trinajstić information content (AvgIpc) is 2.16. The minimum Gasteiger partial charge on any atom is -0.361 e. The molecule has 0 atom stereocenters. The van der Waals surface area contributed by atoms with Gasteiger partial charge in [0.15, 0.2) is 0 Å². The van der Waals surface area contributed by atoms with Gasteiger partial charge in [0.1, 0.15) is 6.73 Å². The Morgan fingerprint density at radius 1 is 1.21 bits per heavy atom. The van der Waals surface area contributed by atoms with Gasteiger partial charge < -0.3 is 14.5 Å². The number of hydrogen-bond acceptors (Lipinski definition) is 2. The van der Waals surface area contributed by atoms with Crippen LogP contribution in [0.3, 0.4) is 0 Å². The number of hydrogen-bond donors (Lipinski definition) is 0. The highest BCUT2D eigenvalue weighted by molar-refractivity contribution is 5.73. The Bertz CT molecular complexity index is 160. The molecule has 0 aromatic heterocycles. The Balaban J connectivity index is 3.44. The third-order valence-corrected chi connectivity index (χ3v) is 1.89. The minimum absolute atomic E-state index is 0.0273. The fourth-order valence-corrected chi connectivity index (χ4v) is 1.05. The first kappa shape index (κ1) is 13.2. The number of amides is 2. The highest BCUT2D eigenvalue weighted by atomic mass is 16.5. The van der Waals surface area contributed by atoms with Crippen LogP contribution in [0.25, 0.3) is 0 Å². The number of ether oxygens (including phenoxy) is 1. The number of carbonyl (C=O) groups excluding carboxylic acids is 1. The predicted molar refractivity (Wildman–Crippen MR) is 57.2 cm³/mol. The standard InChI is InChI=1S/C10H22N2O2/c1-5-6-7-8-14-9-12(4)10(13)11(2)3/h5-9H2,1-4H3. The van der Waals surface area contributed by atoms with E-state index in [0.29, 0.717) is 6.73 Å². The molecule has 0 aliphatic carbocycles. The summed E-state index contributed by atoms with van der Waals surface area (Å²) in [7, 11) is 5.20. The lowest BCUT2D eigenvalue weighted by atomic mass is 10.3. The summed E-state index contributed by atoms with van der Waals surface area (Å²) in [5.74, 6) is 0. The Hall–Kier alpha value is -0.770. The summed E-state index contributed by atoms with van der Waals surface area (Å²) < 4.78 is 5.35. The molecular formula is C10H22N2O2. The SMILES string of the molecule is CCCCCOCN(C)C(=O)N(C)C. The van der Waals surface area contributed by atoms with E-state index < -0.39 is 0 Å². The molecule has 0 radical (unpaired) electrons. The van der Waals surface area contributed by atoms with Crippen LogP contribution in [0.15, 0.2) is 0 Å². The average molecular weight is 202 g/mol. The Morgan fingerprint density at radius 3 is 2.36 bits per heavy atom. The molecule has 0 aliphatic heterocycles. The number of unbranched alkanes of at least 4 members (excludes halogenated alkanes) is 2. The number of rotatable bonds is 6. The lowest BCUT2D eigenvalue weighted by Gasteiger charge is -2.21. The van der Waals surface area contributed by atoms with Crippen molar-refractivity contribution in [3.8, 4) is 0 Å². The first-order valence-electron chi connectivity index (χ1n) is 5.09. The van der Waals surface area contributed by atoms with E-state index >= 15 is 0 Å². The van der Waals surface area contributed by atoms with Crippen molar-refractivity contribution in [2.75, 3.05) is 34.5 Å². The fourth-order valence-electron chi connectivity index (χ4n) is 1.05. The van der Waals surface area contributed by atoms with Gasteiger partial charge >= 0.3 is 6.03 Å². The lowest BCUT2D eigenvalue weighted by Crippen LogP contribution is -2.37. The molecule has 0 heterocycles. The Labute approximate surface area is 86.8 Å². The molecular weight excluding hydrogens is 180 g/mol. The van der Waals surface area contributed by atoms with E-state index in [4.69, 9.17) is 4.74 Å². The third kappa shape index (κ3) is 5.80. The second-order valence-corrected chi connectivity index (χ2v) is 3.62. The van der Waals surface area contributed by atoms with Crippen LogP contribution in [-0.2, 0) is 4.74 Å². The van der Waals surface area contributed by atoms with Gasteiger partial charge in [-0.05, 0) is 6.42 Å². The molecule has 84 valence electrons. The summed E-state index contributed by atoms with van der Waals surface area (Å²) in [6, 6.07) is -0.0273. The maximum Gasteiger partial charge on any atom is 0.321 e. The van der Waals surface area contributed by atoms with Gasteiger partial charge in [-0.25, -0.2) is 4.79 Å². The van der Waals surface area contributed by atoms with Gasteiger partial charge in [-0.1, -0.05) is 19.8 Å². The zero-order valence-corrected chi connectivity index (χ0v) is 9.75. The van der Waals surface area contributed by atoms with E-state index in [1.54, 1.807) is 26.0 Å². The van der Waals surface area contributed by atoms with E-state index in [2.05, 4.69) is 6.92 Å². The molecule has 0 N–H and O–H groups in total. The smallest absolute Gasteiger partial charge is 0.321 e. The highest BCUT2D eigenvalue weighted by Gasteiger charge is 2.09. The molecule has 0 fully saturated rings. The Kier molecular flexibility index (Phi) is 7.20. The molecule has 0 bridgehead atoms. The molecule has 0 rings (SSSR count). The molecule has 0 saturated heterocycles. The predicted octanol–water partition coefficient (Wildman–Crippen LogP) is 1.76. The van der Waals surface area contributed by atoms with Gasteiger partial charge in [0.25, 0.3) is 0 Å². The van der Waals surface area contributed by atoms with Crippen molar-refractivity contribution >= 4 is 6.03 Å². The number of nitrogens with zero attached hydrogens (tertiary/aromatic N) is 2. The van der Waals surface area contributed by atoms with E-state index in [0.717, 1.165) is 13.0 Å². The van der Waals surface area contributed by atoms with Crippen LogP contribution in [0.5, 0.6) is 0 Å². The summed E-state index contributed by atoms with van der Waals surface area (Å²) in [5.41, 5.74) is 0. The molecule has 2 amide bonds. The molecule has 14 heavy (non-hydrogen) atoms. The van der Waals surface area contributed by atoms with Crippen molar-refractivity contribution in [1.82, 2.24) is 9.80 Å². The van der Waals surface area contributed by atoms with Crippen molar-refractivity contribution in [2.45, 2.75) is 26.2 Å². The number of urea groups is 1. The maximum absolute atomic E-state index is 11.3. The van der Waals surface area contributed by atoms with Gasteiger partial charge in [0.05, 0.1) is 0 Å². The molecule has 0 spiro atoms. The van der Waals surface area contributed by atoms with Crippen LogP contribution in [0.4, 0.5) is 4.79 Å². The first-order chi connectivity index (χ1) is 6.59. The topological polar surface area (TPSA) is 32.8 Å². The molecule has 0 saturated carbocycles. The van der Waals surface area contributed by atoms with Crippen molar-refractivity contribution in [3.63, 3.8) is 0 Å². The highest BCUT2D eigenvalue weighted by Crippen LogP contribution is 1.96. The first-order valence-corrected chi connectivity index (χ1v) is 5.09. The summed E-state index contributed by atoms with van der Waals surface area (Å²) in [6.07, 6.45) is 3.45. The van der Waals surface area contributed by atoms with Crippen LogP contribution in [-0.4, -0.2) is 50.3 Å². The molecule has 0 aliphatic rings. The van der Waals surface area contributed by atoms with E-state index in [-0.39, 0.29) is 6.03 Å². The van der Waals surface area contributed by atoms with Crippen LogP contribution < -0.4 is 0 Å². The van der Waals surface area contributed by atoms with Gasteiger partial charge in [-0.3, -0.25) is 0 Å². The van der Waals surface area contributed by atoms with Crippen LogP contribution in [0.2, 0.25) is 0 Å². The Morgan fingerprint density at radius 2 is 1.86 bits per heavy atom. The summed E-state index contributed by atoms with van der Waals surface area (Å²) in [6.45, 7) is 3.27. The molecule has 0 aromatic rings. The van der Waals surface area contributed by atoms with Crippen LogP contribution in [0.1, 0.15) is 26.2 Å². The van der Waals surface area contributed by atoms with E-state index in [1.807, 2.05) is 0 Å². The largest absolute Gasteiger partial charge is 0.361 e. The summed E-state index contributed by atoms with van der Waals surface area (Å²) in [4.78, 5) is 14.4. The summed E-state index contributed by atoms with van der Waals surface area (Å²) in [5, 5.41) is 0. The quantitative estimate of drug-likeness (QED) is 0.485. The van der Waals surface area contributed by atoms with E-state index in [9.17, 15) is 4.79 Å². The van der Waals surface area contributed by atoms with Crippen molar-refractivity contribution in [2.24, 2.45) is 0 Å². The minimum atomic E-state index is -0.0273. The second-order valence-electron chi connectivity index (χ2n) is 3.62. The third-order valence-electron chi connectivity index (χ3n) is 1.89. The van der Waals surface area contributed by atoms with Crippen LogP contribution >= 0.6 is 0 Å². The summed E-state index contributed by atoms with van der Waals surface area (Å²) >= 11 is 0. The molecule has 0 unspecified atom stereocenters. The maximum atomic E-state index is 11.3. The molecule has 4 heteroatoms. The van der Waals surface area contributed by atoms with Crippen molar-refractivity contribution in [3.05, 3.63) is 0 Å². The lowest BCUT2D eigenvalue weighted by molar-refractivity contribution is 0.0504. The van der Waals surface area contributed by atoms with Gasteiger partial charge in [0, 0.05) is 27.7 Å². The van der Waals surface area contributed by atoms with Gasteiger partial charge in [0.2, 0.25) is 0 Å². The fraction of sp³-hybridized carbons (Fsp3) is 0.900. The van der Waals surface area contributed by atoms with Crippen molar-refractivity contribution < 1.29 is 9.53 Å². The normalized spacial score (nSPS) is 10.0. The van der Waals surface area contributed by atoms with Crippen LogP contribution in [0, 0.1) is 0 Å². The van der Waals surface area contributed by atoms with E-state index in [1.165, 1.54) is 17.7 Å². The zero-order chi connectivity index (χ0) is 11.0. The second kappa shape index (κ2) is 7.62.